The van der Waals surface area contributed by atoms with Gasteiger partial charge in [0, 0.05) is 35.7 Å². The van der Waals surface area contributed by atoms with Crippen LogP contribution in [0.4, 0.5) is 0 Å². The van der Waals surface area contributed by atoms with Gasteiger partial charge in [0.2, 0.25) is 0 Å². The zero-order valence-electron chi connectivity index (χ0n) is 12.4. The van der Waals surface area contributed by atoms with E-state index in [-0.39, 0.29) is 5.54 Å². The van der Waals surface area contributed by atoms with Crippen LogP contribution in [0.25, 0.3) is 0 Å². The van der Waals surface area contributed by atoms with Gasteiger partial charge in [0.15, 0.2) is 0 Å². The zero-order valence-corrected chi connectivity index (χ0v) is 13.2. The molecule has 2 nitrogen and oxygen atoms in total. The highest BCUT2D eigenvalue weighted by atomic mass is 35.5. The third-order valence-electron chi connectivity index (χ3n) is 4.53. The second-order valence-electron chi connectivity index (χ2n) is 6.05. The molecule has 2 rings (SSSR count). The van der Waals surface area contributed by atoms with Gasteiger partial charge in [-0.2, -0.15) is 0 Å². The van der Waals surface area contributed by atoms with Crippen LogP contribution in [0.5, 0.6) is 0 Å². The fourth-order valence-electron chi connectivity index (χ4n) is 2.84. The Morgan fingerprint density at radius 3 is 2.89 bits per heavy atom. The minimum atomic E-state index is 0.222. The van der Waals surface area contributed by atoms with Crippen LogP contribution in [0, 0.1) is 0 Å². The Bertz CT molecular complexity index is 435. The van der Waals surface area contributed by atoms with Gasteiger partial charge in [0.05, 0.1) is 0 Å². The third-order valence-corrected chi connectivity index (χ3v) is 4.77. The summed E-state index contributed by atoms with van der Waals surface area (Å²) in [5.41, 5.74) is 1.53. The summed E-state index contributed by atoms with van der Waals surface area (Å²) in [5, 5.41) is 4.50. The molecule has 3 heteroatoms. The lowest BCUT2D eigenvalue weighted by atomic mass is 9.91. The Balaban J connectivity index is 2.19. The molecule has 1 heterocycles. The van der Waals surface area contributed by atoms with Crippen LogP contribution in [0.15, 0.2) is 24.3 Å². The van der Waals surface area contributed by atoms with Crippen LogP contribution in [0.2, 0.25) is 5.02 Å². The number of piperazine rings is 1. The second-order valence-corrected chi connectivity index (χ2v) is 6.48. The quantitative estimate of drug-likeness (QED) is 0.904. The molecule has 1 aromatic carbocycles. The molecule has 1 saturated heterocycles. The minimum Gasteiger partial charge on any atom is -0.309 e. The molecule has 19 heavy (non-hydrogen) atoms. The van der Waals surface area contributed by atoms with E-state index in [1.807, 2.05) is 12.1 Å². The van der Waals surface area contributed by atoms with Crippen LogP contribution in [-0.4, -0.2) is 29.6 Å². The lowest BCUT2D eigenvalue weighted by molar-refractivity contribution is 0.0597. The van der Waals surface area contributed by atoms with E-state index < -0.39 is 0 Å². The van der Waals surface area contributed by atoms with Crippen molar-refractivity contribution >= 4 is 11.6 Å². The largest absolute Gasteiger partial charge is 0.309 e. The van der Waals surface area contributed by atoms with E-state index in [0.717, 1.165) is 24.5 Å². The average molecular weight is 281 g/mol. The maximum atomic E-state index is 6.12. The Morgan fingerprint density at radius 2 is 2.26 bits per heavy atom. The van der Waals surface area contributed by atoms with E-state index in [1.165, 1.54) is 5.56 Å². The molecule has 0 aromatic heterocycles. The predicted octanol–water partition coefficient (Wildman–Crippen LogP) is 3.86. The highest BCUT2D eigenvalue weighted by Gasteiger charge is 2.35. The van der Waals surface area contributed by atoms with E-state index in [1.54, 1.807) is 0 Å². The van der Waals surface area contributed by atoms with Gasteiger partial charge in [0.1, 0.15) is 0 Å². The summed E-state index contributed by atoms with van der Waals surface area (Å²) in [6, 6.07) is 9.20. The molecule has 0 radical (unpaired) electrons. The molecule has 1 N–H and O–H groups in total. The molecule has 0 bridgehead atoms. The van der Waals surface area contributed by atoms with Gasteiger partial charge in [-0.3, -0.25) is 4.90 Å². The highest BCUT2D eigenvalue weighted by molar-refractivity contribution is 6.30. The van der Waals surface area contributed by atoms with Crippen molar-refractivity contribution < 1.29 is 0 Å². The standard InChI is InChI=1S/C16H25ClN2/c1-5-16(4)11-19(12(2)10-18-16)13(3)14-7-6-8-15(17)9-14/h6-9,12-13,18H,5,10-11H2,1-4H3. The average Bonchev–Trinajstić information content (AvgIpc) is 2.41. The lowest BCUT2D eigenvalue weighted by Crippen LogP contribution is -2.62. The molecule has 106 valence electrons. The Labute approximate surface area is 122 Å². The highest BCUT2D eigenvalue weighted by Crippen LogP contribution is 2.29. The molecule has 0 aliphatic carbocycles. The smallest absolute Gasteiger partial charge is 0.0409 e. The molecule has 3 atom stereocenters. The summed E-state index contributed by atoms with van der Waals surface area (Å²) < 4.78 is 0. The van der Waals surface area contributed by atoms with Crippen LogP contribution in [-0.2, 0) is 0 Å². The molecule has 0 amide bonds. The molecular formula is C16H25ClN2. The topological polar surface area (TPSA) is 15.3 Å². The number of hydrogen-bond donors (Lipinski definition) is 1. The van der Waals surface area contributed by atoms with Crippen molar-refractivity contribution in [3.8, 4) is 0 Å². The third kappa shape index (κ3) is 3.31. The van der Waals surface area contributed by atoms with E-state index in [4.69, 9.17) is 11.6 Å². The van der Waals surface area contributed by atoms with Gasteiger partial charge < -0.3 is 5.32 Å². The van der Waals surface area contributed by atoms with Crippen molar-refractivity contribution in [3.63, 3.8) is 0 Å². The fourth-order valence-corrected chi connectivity index (χ4v) is 3.04. The zero-order chi connectivity index (χ0) is 14.0. The second kappa shape index (κ2) is 5.82. The summed E-state index contributed by atoms with van der Waals surface area (Å²) >= 11 is 6.12. The maximum Gasteiger partial charge on any atom is 0.0409 e. The number of nitrogens with zero attached hydrogens (tertiary/aromatic N) is 1. The predicted molar refractivity (Wildman–Crippen MR) is 82.7 cm³/mol. The number of nitrogens with one attached hydrogen (secondary N) is 1. The first-order valence-corrected chi connectivity index (χ1v) is 7.59. The number of rotatable bonds is 3. The first-order valence-electron chi connectivity index (χ1n) is 7.21. The van der Waals surface area contributed by atoms with E-state index >= 15 is 0 Å². The van der Waals surface area contributed by atoms with Gasteiger partial charge in [-0.05, 0) is 44.9 Å². The molecule has 1 aromatic rings. The Kier molecular flexibility index (Phi) is 4.54. The van der Waals surface area contributed by atoms with Crippen LogP contribution in [0.1, 0.15) is 45.7 Å². The number of halogens is 1. The molecule has 1 aliphatic heterocycles. The molecule has 1 fully saturated rings. The number of hydrogen-bond acceptors (Lipinski definition) is 2. The summed E-state index contributed by atoms with van der Waals surface area (Å²) in [5.74, 6) is 0. The van der Waals surface area contributed by atoms with Gasteiger partial charge in [-0.25, -0.2) is 0 Å². The van der Waals surface area contributed by atoms with Crippen molar-refractivity contribution in [1.29, 1.82) is 0 Å². The van der Waals surface area contributed by atoms with E-state index in [0.29, 0.717) is 12.1 Å². The first kappa shape index (κ1) is 14.8. The Morgan fingerprint density at radius 1 is 1.53 bits per heavy atom. The monoisotopic (exact) mass is 280 g/mol. The van der Waals surface area contributed by atoms with Gasteiger partial charge >= 0.3 is 0 Å². The molecule has 1 aliphatic rings. The molecule has 0 saturated carbocycles. The van der Waals surface area contributed by atoms with Crippen LogP contribution >= 0.6 is 11.6 Å². The maximum absolute atomic E-state index is 6.12. The Hall–Kier alpha value is -0.570. The molecular weight excluding hydrogens is 256 g/mol. The van der Waals surface area contributed by atoms with E-state index in [9.17, 15) is 0 Å². The van der Waals surface area contributed by atoms with Crippen molar-refractivity contribution in [1.82, 2.24) is 10.2 Å². The van der Waals surface area contributed by atoms with Crippen LogP contribution < -0.4 is 5.32 Å². The van der Waals surface area contributed by atoms with Gasteiger partial charge in [0.25, 0.3) is 0 Å². The van der Waals surface area contributed by atoms with Gasteiger partial charge in [-0.15, -0.1) is 0 Å². The summed E-state index contributed by atoms with van der Waals surface area (Å²) in [6.45, 7) is 11.3. The van der Waals surface area contributed by atoms with Crippen LogP contribution in [0.3, 0.4) is 0 Å². The summed E-state index contributed by atoms with van der Waals surface area (Å²) in [7, 11) is 0. The number of benzene rings is 1. The first-order chi connectivity index (χ1) is 8.95. The minimum absolute atomic E-state index is 0.222. The molecule has 0 spiro atoms. The van der Waals surface area contributed by atoms with Crippen molar-refractivity contribution in [2.75, 3.05) is 13.1 Å². The van der Waals surface area contributed by atoms with Crippen molar-refractivity contribution in [2.45, 2.75) is 51.7 Å². The summed E-state index contributed by atoms with van der Waals surface area (Å²) in [4.78, 5) is 2.59. The van der Waals surface area contributed by atoms with Crippen molar-refractivity contribution in [2.24, 2.45) is 0 Å². The SMILES string of the molecule is CCC1(C)CN(C(C)c2cccc(Cl)c2)C(C)CN1. The fraction of sp³-hybridized carbons (Fsp3) is 0.625. The molecule has 3 unspecified atom stereocenters. The van der Waals surface area contributed by atoms with Gasteiger partial charge in [-0.1, -0.05) is 30.7 Å². The summed E-state index contributed by atoms with van der Waals surface area (Å²) in [6.07, 6.45) is 1.15. The van der Waals surface area contributed by atoms with E-state index in [2.05, 4.69) is 50.0 Å². The normalized spacial score (nSPS) is 30.3. The van der Waals surface area contributed by atoms with Crippen molar-refractivity contribution in [3.05, 3.63) is 34.9 Å². The lowest BCUT2D eigenvalue weighted by Gasteiger charge is -2.47.